The van der Waals surface area contributed by atoms with E-state index < -0.39 is 17.7 Å². The molecular formula is C27H34N2O5S. The monoisotopic (exact) mass is 498 g/mol. The van der Waals surface area contributed by atoms with Crippen LogP contribution in [0.3, 0.4) is 0 Å². The highest BCUT2D eigenvalue weighted by atomic mass is 32.1. The third-order valence-corrected chi connectivity index (χ3v) is 7.27. The Balaban J connectivity index is 1.60. The van der Waals surface area contributed by atoms with E-state index >= 15 is 0 Å². The van der Waals surface area contributed by atoms with Crippen molar-refractivity contribution < 1.29 is 24.2 Å². The zero-order chi connectivity index (χ0) is 24.9. The molecule has 0 radical (unpaired) electrons. The highest BCUT2D eigenvalue weighted by Gasteiger charge is 2.46. The SMILES string of the molecule is Cc1cc(C(O)=C2C(=O)C(=O)N(CCCN3CCOCC3)[C@H]2c2cccs2)ccc1OCC(C)C. The van der Waals surface area contributed by atoms with Gasteiger partial charge in [-0.1, -0.05) is 19.9 Å². The van der Waals surface area contributed by atoms with Gasteiger partial charge < -0.3 is 19.5 Å². The van der Waals surface area contributed by atoms with Gasteiger partial charge in [-0.25, -0.2) is 0 Å². The molecule has 3 heterocycles. The van der Waals surface area contributed by atoms with Crippen LogP contribution in [0.25, 0.3) is 5.76 Å². The molecule has 0 spiro atoms. The van der Waals surface area contributed by atoms with E-state index in [-0.39, 0.29) is 11.3 Å². The molecule has 0 unspecified atom stereocenters. The Labute approximate surface area is 210 Å². The normalized spacial score (nSPS) is 20.7. The highest BCUT2D eigenvalue weighted by molar-refractivity contribution is 7.10. The highest BCUT2D eigenvalue weighted by Crippen LogP contribution is 2.41. The second-order valence-electron chi connectivity index (χ2n) is 9.50. The van der Waals surface area contributed by atoms with E-state index in [2.05, 4.69) is 18.7 Å². The number of ether oxygens (including phenoxy) is 2. The maximum Gasteiger partial charge on any atom is 0.295 e. The number of thiophene rings is 1. The Bertz CT molecular complexity index is 1070. The smallest absolute Gasteiger partial charge is 0.295 e. The van der Waals surface area contributed by atoms with Crippen molar-refractivity contribution in [1.82, 2.24) is 9.80 Å². The van der Waals surface area contributed by atoms with E-state index in [1.165, 1.54) is 11.3 Å². The molecule has 2 saturated heterocycles. The summed E-state index contributed by atoms with van der Waals surface area (Å²) in [5.74, 6) is -0.192. The quantitative estimate of drug-likeness (QED) is 0.317. The predicted molar refractivity (Wildman–Crippen MR) is 137 cm³/mol. The fraction of sp³-hybridized carbons (Fsp3) is 0.481. The standard InChI is InChI=1S/C27H34N2O5S/c1-18(2)17-34-21-8-7-20(16-19(21)3)25(30)23-24(22-6-4-15-35-22)29(27(32)26(23)31)10-5-9-28-11-13-33-14-12-28/h4,6-8,15-16,18,24,30H,5,9-14,17H2,1-3H3/t24-/m0/s1. The van der Waals surface area contributed by atoms with Crippen molar-refractivity contribution in [2.75, 3.05) is 46.0 Å². The van der Waals surface area contributed by atoms with Crippen LogP contribution in [-0.2, 0) is 14.3 Å². The molecule has 2 aromatic rings. The van der Waals surface area contributed by atoms with Gasteiger partial charge in [-0.05, 0) is 54.5 Å². The predicted octanol–water partition coefficient (Wildman–Crippen LogP) is 4.24. The van der Waals surface area contributed by atoms with Crippen LogP contribution >= 0.6 is 11.3 Å². The number of likely N-dealkylation sites (tertiary alicyclic amines) is 1. The number of benzene rings is 1. The molecule has 1 aromatic heterocycles. The molecule has 2 aliphatic rings. The van der Waals surface area contributed by atoms with Crippen molar-refractivity contribution in [2.45, 2.75) is 33.2 Å². The van der Waals surface area contributed by atoms with Crippen LogP contribution in [0.5, 0.6) is 5.75 Å². The number of aryl methyl sites for hydroxylation is 1. The summed E-state index contributed by atoms with van der Waals surface area (Å²) in [5, 5.41) is 13.2. The van der Waals surface area contributed by atoms with Gasteiger partial charge >= 0.3 is 0 Å². The van der Waals surface area contributed by atoms with Gasteiger partial charge in [0.1, 0.15) is 11.5 Å². The molecule has 8 heteroatoms. The summed E-state index contributed by atoms with van der Waals surface area (Å²) in [4.78, 5) is 31.1. The average molecular weight is 499 g/mol. The lowest BCUT2D eigenvalue weighted by molar-refractivity contribution is -0.140. The van der Waals surface area contributed by atoms with Crippen molar-refractivity contribution >= 4 is 28.8 Å². The average Bonchev–Trinajstić information content (AvgIpc) is 3.46. The Morgan fingerprint density at radius 1 is 1.20 bits per heavy atom. The summed E-state index contributed by atoms with van der Waals surface area (Å²) in [5.41, 5.74) is 1.52. The molecule has 0 bridgehead atoms. The number of hydrogen-bond acceptors (Lipinski definition) is 7. The minimum absolute atomic E-state index is 0.143. The number of aliphatic hydroxyl groups is 1. The van der Waals surface area contributed by atoms with Crippen LogP contribution in [-0.4, -0.2) is 72.6 Å². The lowest BCUT2D eigenvalue weighted by atomic mass is 9.98. The molecule has 0 saturated carbocycles. The Morgan fingerprint density at radius 2 is 1.97 bits per heavy atom. The number of carbonyl (C=O) groups excluding carboxylic acids is 2. The fourth-order valence-corrected chi connectivity index (χ4v) is 5.36. The summed E-state index contributed by atoms with van der Waals surface area (Å²) in [6.07, 6.45) is 0.746. The van der Waals surface area contributed by atoms with E-state index in [1.54, 1.807) is 11.0 Å². The fourth-order valence-electron chi connectivity index (χ4n) is 4.51. The minimum Gasteiger partial charge on any atom is -0.507 e. The number of amides is 1. The summed E-state index contributed by atoms with van der Waals surface area (Å²) >= 11 is 1.48. The molecule has 188 valence electrons. The molecule has 7 nitrogen and oxygen atoms in total. The number of carbonyl (C=O) groups is 2. The summed E-state index contributed by atoms with van der Waals surface area (Å²) in [6.45, 7) is 11.2. The maximum absolute atomic E-state index is 13.2. The number of rotatable bonds is 9. The zero-order valence-corrected chi connectivity index (χ0v) is 21.5. The van der Waals surface area contributed by atoms with Crippen molar-refractivity contribution in [3.05, 3.63) is 57.3 Å². The number of Topliss-reactive ketones (excluding diaryl/α,β-unsaturated/α-hetero) is 1. The Morgan fingerprint density at radius 3 is 2.63 bits per heavy atom. The first-order chi connectivity index (χ1) is 16.9. The van der Waals surface area contributed by atoms with Crippen molar-refractivity contribution in [1.29, 1.82) is 0 Å². The number of hydrogen-bond donors (Lipinski definition) is 1. The first kappa shape index (κ1) is 25.4. The van der Waals surface area contributed by atoms with Crippen LogP contribution in [0.15, 0.2) is 41.3 Å². The molecule has 35 heavy (non-hydrogen) atoms. The maximum atomic E-state index is 13.2. The first-order valence-electron chi connectivity index (χ1n) is 12.2. The Hall–Kier alpha value is -2.68. The lowest BCUT2D eigenvalue weighted by Gasteiger charge is -2.28. The van der Waals surface area contributed by atoms with Crippen LogP contribution in [0.2, 0.25) is 0 Å². The molecule has 0 aliphatic carbocycles. The molecule has 4 rings (SSSR count). The number of aliphatic hydroxyl groups excluding tert-OH is 1. The van der Waals surface area contributed by atoms with Gasteiger partial charge in [0.2, 0.25) is 0 Å². The van der Waals surface area contributed by atoms with E-state index in [0.29, 0.717) is 24.6 Å². The van der Waals surface area contributed by atoms with Crippen LogP contribution in [0.1, 0.15) is 42.3 Å². The van der Waals surface area contributed by atoms with Gasteiger partial charge in [-0.3, -0.25) is 14.5 Å². The Kier molecular flexibility index (Phi) is 8.26. The zero-order valence-electron chi connectivity index (χ0n) is 20.7. The lowest BCUT2D eigenvalue weighted by Crippen LogP contribution is -2.38. The van der Waals surface area contributed by atoms with Crippen molar-refractivity contribution in [3.8, 4) is 5.75 Å². The van der Waals surface area contributed by atoms with Crippen LogP contribution in [0.4, 0.5) is 0 Å². The van der Waals surface area contributed by atoms with E-state index in [1.807, 2.05) is 36.6 Å². The first-order valence-corrected chi connectivity index (χ1v) is 13.1. The van der Waals surface area contributed by atoms with Gasteiger partial charge in [-0.15, -0.1) is 11.3 Å². The number of ketones is 1. The van der Waals surface area contributed by atoms with E-state index in [9.17, 15) is 14.7 Å². The van der Waals surface area contributed by atoms with Gasteiger partial charge in [0, 0.05) is 36.6 Å². The van der Waals surface area contributed by atoms with Crippen LogP contribution in [0, 0.1) is 12.8 Å². The molecular weight excluding hydrogens is 464 g/mol. The summed E-state index contributed by atoms with van der Waals surface area (Å²) in [7, 11) is 0. The molecule has 1 atom stereocenters. The number of morpholine rings is 1. The number of nitrogens with zero attached hydrogens (tertiary/aromatic N) is 2. The largest absolute Gasteiger partial charge is 0.507 e. The third-order valence-electron chi connectivity index (χ3n) is 6.35. The summed E-state index contributed by atoms with van der Waals surface area (Å²) < 4.78 is 11.3. The van der Waals surface area contributed by atoms with Gasteiger partial charge in [0.05, 0.1) is 31.4 Å². The third kappa shape index (κ3) is 5.77. The van der Waals surface area contributed by atoms with E-state index in [0.717, 1.165) is 55.5 Å². The van der Waals surface area contributed by atoms with Crippen molar-refractivity contribution in [3.63, 3.8) is 0 Å². The molecule has 1 amide bonds. The minimum atomic E-state index is -0.634. The molecule has 2 fully saturated rings. The molecule has 1 aromatic carbocycles. The molecule has 1 N–H and O–H groups in total. The van der Waals surface area contributed by atoms with Gasteiger partial charge in [-0.2, -0.15) is 0 Å². The second-order valence-corrected chi connectivity index (χ2v) is 10.5. The topological polar surface area (TPSA) is 79.3 Å². The van der Waals surface area contributed by atoms with E-state index in [4.69, 9.17) is 9.47 Å². The van der Waals surface area contributed by atoms with Gasteiger partial charge in [0.15, 0.2) is 0 Å². The molecule has 2 aliphatic heterocycles. The second kappa shape index (κ2) is 11.4. The van der Waals surface area contributed by atoms with Crippen molar-refractivity contribution in [2.24, 2.45) is 5.92 Å². The summed E-state index contributed by atoms with van der Waals surface area (Å²) in [6, 6.07) is 8.59. The van der Waals surface area contributed by atoms with Crippen LogP contribution < -0.4 is 4.74 Å². The van der Waals surface area contributed by atoms with Gasteiger partial charge in [0.25, 0.3) is 11.7 Å².